The molecule has 3 aliphatic rings. The third-order valence-electron chi connectivity index (χ3n) is 12.5. The van der Waals surface area contributed by atoms with Crippen LogP contribution in [-0.4, -0.2) is 6.71 Å². The van der Waals surface area contributed by atoms with E-state index in [1.165, 1.54) is 11.3 Å². The fourth-order valence-electron chi connectivity index (χ4n) is 9.75. The lowest BCUT2D eigenvalue weighted by Crippen LogP contribution is -2.57. The van der Waals surface area contributed by atoms with E-state index in [0.717, 1.165) is 119 Å². The van der Waals surface area contributed by atoms with Crippen LogP contribution in [0.1, 0.15) is 17.7 Å². The second-order valence-corrected chi connectivity index (χ2v) is 16.0. The van der Waals surface area contributed by atoms with E-state index in [0.29, 0.717) is 0 Å². The molecule has 0 saturated heterocycles. The molecule has 2 aliphatic heterocycles. The summed E-state index contributed by atoms with van der Waals surface area (Å²) in [5.41, 5.74) is 13.4. The molecular weight excluding hydrogens is 751 g/mol. The first-order valence-corrected chi connectivity index (χ1v) is 20.8. The zero-order valence-electron chi connectivity index (χ0n) is 32.9. The molecule has 288 valence electrons. The van der Waals surface area contributed by atoms with Crippen LogP contribution in [0.3, 0.4) is 0 Å². The van der Waals surface area contributed by atoms with Gasteiger partial charge in [0.2, 0.25) is 0 Å². The Morgan fingerprint density at radius 2 is 0.918 bits per heavy atom. The van der Waals surface area contributed by atoms with Crippen molar-refractivity contribution in [2.45, 2.75) is 12.8 Å². The molecule has 0 spiro atoms. The molecule has 0 amide bonds. The lowest BCUT2D eigenvalue weighted by Gasteiger charge is -2.32. The van der Waals surface area contributed by atoms with Crippen LogP contribution in [0.5, 0.6) is 23.0 Å². The summed E-state index contributed by atoms with van der Waals surface area (Å²) in [7, 11) is 0. The van der Waals surface area contributed by atoms with Gasteiger partial charge in [-0.25, -0.2) is 0 Å². The van der Waals surface area contributed by atoms with Crippen molar-refractivity contribution in [1.82, 2.24) is 0 Å². The van der Waals surface area contributed by atoms with Gasteiger partial charge in [0, 0.05) is 73.5 Å². The fraction of sp³-hybridized carbons (Fsp3) is 0.0370. The highest BCUT2D eigenvalue weighted by atomic mass is 16.5. The van der Waals surface area contributed by atoms with Gasteiger partial charge in [0.05, 0.1) is 0 Å². The molecule has 7 heteroatoms. The highest BCUT2D eigenvalue weighted by Gasteiger charge is 2.41. The van der Waals surface area contributed by atoms with Gasteiger partial charge in [0.1, 0.15) is 45.5 Å². The monoisotopic (exact) mass is 786 g/mol. The lowest BCUT2D eigenvalue weighted by atomic mass is 9.35. The largest absolute Gasteiger partial charge is 0.458 e. The minimum atomic E-state index is -0.150. The average Bonchev–Trinajstić information content (AvgIpc) is 3.85. The maximum absolute atomic E-state index is 6.82. The number of allylic oxidation sites excluding steroid dienone is 1. The van der Waals surface area contributed by atoms with Crippen LogP contribution in [0.25, 0.3) is 39.0 Å². The predicted molar refractivity (Wildman–Crippen MR) is 247 cm³/mol. The van der Waals surface area contributed by atoms with E-state index in [4.69, 9.17) is 18.3 Å². The standard InChI is InChI=1S/C54H35BN2O4/c1-5-14-34(15-6-1)56(35-16-7-2-8-17-35)38-24-26-40-42-30-52-44(32-50(42)60-48(40)28-38)55-45-33-51-43(31-53(45)59-47-23-13-22-46(58-52)54(47)55)41-27-25-39(29-49(41)61-51)57(36-18-9-3-10-19-36)37-20-11-4-12-21-37/h1-24,26,28-33H,25,27H2. The number of aryl methyl sites for hydroxylation is 1. The second-order valence-electron chi connectivity index (χ2n) is 16.0. The molecule has 0 fully saturated rings. The SMILES string of the molecule is C1=C(N(c2ccccc2)c2ccccc2)CCc2c1oc1cc3c(cc21)Oc1cccc2c1B3c1cc3oc4cc(N(c5ccccc5)c5ccccc5)ccc4c3cc1O2. The van der Waals surface area contributed by atoms with Gasteiger partial charge < -0.3 is 28.1 Å². The van der Waals surface area contributed by atoms with Crippen molar-refractivity contribution in [2.24, 2.45) is 0 Å². The summed E-state index contributed by atoms with van der Waals surface area (Å²) in [6.07, 6.45) is 3.94. The smallest absolute Gasteiger partial charge is 0.261 e. The number of benzene rings is 8. The summed E-state index contributed by atoms with van der Waals surface area (Å²) in [4.78, 5) is 4.59. The lowest BCUT2D eigenvalue weighted by molar-refractivity contribution is 0.465. The number of fused-ring (bicyclic) bond motifs is 10. The number of furan rings is 2. The van der Waals surface area contributed by atoms with Crippen molar-refractivity contribution >= 4 is 90.5 Å². The summed E-state index contributed by atoms with van der Waals surface area (Å²) in [6.45, 7) is -0.150. The topological polar surface area (TPSA) is 51.2 Å². The van der Waals surface area contributed by atoms with Crippen molar-refractivity contribution in [2.75, 3.05) is 9.80 Å². The highest BCUT2D eigenvalue weighted by Crippen LogP contribution is 2.44. The summed E-state index contributed by atoms with van der Waals surface area (Å²) in [6, 6.07) is 63.2. The number of para-hydroxylation sites is 4. The van der Waals surface area contributed by atoms with Crippen LogP contribution in [-0.2, 0) is 6.42 Å². The van der Waals surface area contributed by atoms with Gasteiger partial charge in [-0.05, 0) is 121 Å². The van der Waals surface area contributed by atoms with Gasteiger partial charge in [-0.15, -0.1) is 0 Å². The van der Waals surface area contributed by atoms with Gasteiger partial charge in [0.15, 0.2) is 0 Å². The Balaban J connectivity index is 0.930. The van der Waals surface area contributed by atoms with Crippen molar-refractivity contribution in [3.05, 3.63) is 199 Å². The summed E-state index contributed by atoms with van der Waals surface area (Å²) in [5.74, 6) is 4.13. The van der Waals surface area contributed by atoms with Crippen molar-refractivity contribution in [1.29, 1.82) is 0 Å². The van der Waals surface area contributed by atoms with Crippen LogP contribution in [0.2, 0.25) is 0 Å². The third kappa shape index (κ3) is 5.37. The van der Waals surface area contributed by atoms with Crippen LogP contribution >= 0.6 is 0 Å². The molecule has 6 nitrogen and oxygen atoms in total. The first kappa shape index (κ1) is 34.0. The van der Waals surface area contributed by atoms with Crippen LogP contribution in [0.15, 0.2) is 197 Å². The number of hydrogen-bond acceptors (Lipinski definition) is 6. The minimum absolute atomic E-state index is 0.150. The molecule has 0 radical (unpaired) electrons. The summed E-state index contributed by atoms with van der Waals surface area (Å²) >= 11 is 0. The summed E-state index contributed by atoms with van der Waals surface area (Å²) < 4.78 is 27.1. The van der Waals surface area contributed by atoms with Gasteiger partial charge in [-0.2, -0.15) is 0 Å². The van der Waals surface area contributed by atoms with E-state index in [1.807, 2.05) is 30.3 Å². The normalized spacial score (nSPS) is 13.4. The van der Waals surface area contributed by atoms with Crippen molar-refractivity contribution in [3.63, 3.8) is 0 Å². The maximum atomic E-state index is 6.82. The van der Waals surface area contributed by atoms with Crippen LogP contribution in [0, 0.1) is 0 Å². The predicted octanol–water partition coefficient (Wildman–Crippen LogP) is 12.7. The minimum Gasteiger partial charge on any atom is -0.458 e. The Morgan fingerprint density at radius 1 is 0.393 bits per heavy atom. The van der Waals surface area contributed by atoms with Gasteiger partial charge in [-0.1, -0.05) is 78.9 Å². The Bertz CT molecular complexity index is 3300. The molecule has 0 atom stereocenters. The number of rotatable bonds is 6. The van der Waals surface area contributed by atoms with Gasteiger partial charge in [-0.3, -0.25) is 0 Å². The summed E-state index contributed by atoms with van der Waals surface area (Å²) in [5, 5.41) is 3.13. The first-order chi connectivity index (χ1) is 30.2. The van der Waals surface area contributed by atoms with Gasteiger partial charge in [0.25, 0.3) is 6.71 Å². The molecule has 0 N–H and O–H groups in total. The average molecular weight is 787 g/mol. The number of ether oxygens (including phenoxy) is 2. The van der Waals surface area contributed by atoms with E-state index in [-0.39, 0.29) is 6.71 Å². The highest BCUT2D eigenvalue weighted by molar-refractivity contribution is 6.98. The third-order valence-corrected chi connectivity index (χ3v) is 12.5. The Labute approximate surface area is 352 Å². The fourth-order valence-corrected chi connectivity index (χ4v) is 9.75. The van der Waals surface area contributed by atoms with E-state index >= 15 is 0 Å². The molecule has 8 aromatic carbocycles. The van der Waals surface area contributed by atoms with Crippen molar-refractivity contribution in [3.8, 4) is 23.0 Å². The van der Waals surface area contributed by atoms with Crippen LogP contribution in [0.4, 0.5) is 28.4 Å². The van der Waals surface area contributed by atoms with E-state index < -0.39 is 0 Å². The number of nitrogens with zero attached hydrogens (tertiary/aromatic N) is 2. The molecule has 4 heterocycles. The molecule has 10 aromatic rings. The molecule has 2 aromatic heterocycles. The van der Waals surface area contributed by atoms with Crippen LogP contribution < -0.4 is 35.7 Å². The first-order valence-electron chi connectivity index (χ1n) is 20.8. The van der Waals surface area contributed by atoms with E-state index in [2.05, 4.69) is 168 Å². The number of anilines is 5. The Morgan fingerprint density at radius 3 is 1.51 bits per heavy atom. The molecule has 0 unspecified atom stereocenters. The zero-order chi connectivity index (χ0) is 40.0. The number of hydrogen-bond donors (Lipinski definition) is 0. The molecule has 13 rings (SSSR count). The quantitative estimate of drug-likeness (QED) is 0.157. The molecule has 0 bridgehead atoms. The molecule has 1 aliphatic carbocycles. The molecule has 61 heavy (non-hydrogen) atoms. The van der Waals surface area contributed by atoms with Crippen molar-refractivity contribution < 1.29 is 18.3 Å². The zero-order valence-corrected chi connectivity index (χ0v) is 32.9. The second kappa shape index (κ2) is 13.3. The Hall–Kier alpha value is -7.90. The van der Waals surface area contributed by atoms with E-state index in [1.54, 1.807) is 0 Å². The van der Waals surface area contributed by atoms with E-state index in [9.17, 15) is 0 Å². The van der Waals surface area contributed by atoms with Gasteiger partial charge >= 0.3 is 0 Å². The molecular formula is C54H35BN2O4. The molecule has 0 saturated carbocycles. The Kier molecular flexibility index (Phi) is 7.42. The maximum Gasteiger partial charge on any atom is 0.261 e.